The summed E-state index contributed by atoms with van der Waals surface area (Å²) in [4.78, 5) is 2.19. The SMILES string of the molecule is CC(C)N(C)CC1(O)CC1. The summed E-state index contributed by atoms with van der Waals surface area (Å²) in [6, 6.07) is 0.546. The van der Waals surface area contributed by atoms with Crippen molar-refractivity contribution in [3.8, 4) is 0 Å². The van der Waals surface area contributed by atoms with Gasteiger partial charge in [-0.2, -0.15) is 0 Å². The first-order valence-corrected chi connectivity index (χ1v) is 3.96. The minimum absolute atomic E-state index is 0.320. The fourth-order valence-corrected chi connectivity index (χ4v) is 0.949. The maximum Gasteiger partial charge on any atom is 0.0776 e. The van der Waals surface area contributed by atoms with E-state index in [1.807, 2.05) is 0 Å². The van der Waals surface area contributed by atoms with Gasteiger partial charge in [-0.1, -0.05) is 0 Å². The van der Waals surface area contributed by atoms with Crippen LogP contribution in [0.1, 0.15) is 26.7 Å². The van der Waals surface area contributed by atoms with E-state index in [0.717, 1.165) is 19.4 Å². The molecule has 1 N–H and O–H groups in total. The highest BCUT2D eigenvalue weighted by Crippen LogP contribution is 2.35. The molecule has 2 heteroatoms. The summed E-state index contributed by atoms with van der Waals surface area (Å²) in [5.41, 5.74) is -0.320. The molecule has 0 saturated heterocycles. The minimum atomic E-state index is -0.320. The van der Waals surface area contributed by atoms with E-state index in [1.165, 1.54) is 0 Å². The van der Waals surface area contributed by atoms with Gasteiger partial charge in [0.15, 0.2) is 0 Å². The van der Waals surface area contributed by atoms with Crippen LogP contribution in [0.2, 0.25) is 0 Å². The Balaban J connectivity index is 2.24. The summed E-state index contributed by atoms with van der Waals surface area (Å²) in [5, 5.41) is 9.51. The topological polar surface area (TPSA) is 23.5 Å². The van der Waals surface area contributed by atoms with Gasteiger partial charge in [0.05, 0.1) is 5.60 Å². The molecule has 1 rings (SSSR count). The fourth-order valence-electron chi connectivity index (χ4n) is 0.949. The molecule has 1 aliphatic carbocycles. The first-order chi connectivity index (χ1) is 4.53. The van der Waals surface area contributed by atoms with Gasteiger partial charge in [0.25, 0.3) is 0 Å². The molecule has 0 radical (unpaired) electrons. The second kappa shape index (κ2) is 2.51. The molecule has 2 nitrogen and oxygen atoms in total. The molecule has 0 atom stereocenters. The minimum Gasteiger partial charge on any atom is -0.389 e. The Morgan fingerprint density at radius 1 is 1.50 bits per heavy atom. The van der Waals surface area contributed by atoms with Crippen LogP contribution in [0.5, 0.6) is 0 Å². The highest BCUT2D eigenvalue weighted by molar-refractivity contribution is 4.95. The van der Waals surface area contributed by atoms with Crippen LogP contribution in [0.3, 0.4) is 0 Å². The van der Waals surface area contributed by atoms with Crippen molar-refractivity contribution in [2.24, 2.45) is 0 Å². The van der Waals surface area contributed by atoms with Crippen LogP contribution in [-0.2, 0) is 0 Å². The summed E-state index contributed by atoms with van der Waals surface area (Å²) >= 11 is 0. The molecule has 1 fully saturated rings. The van der Waals surface area contributed by atoms with Gasteiger partial charge in [-0.15, -0.1) is 0 Å². The summed E-state index contributed by atoms with van der Waals surface area (Å²) in [5.74, 6) is 0. The van der Waals surface area contributed by atoms with Gasteiger partial charge in [-0.3, -0.25) is 0 Å². The molecule has 10 heavy (non-hydrogen) atoms. The van der Waals surface area contributed by atoms with E-state index in [2.05, 4.69) is 25.8 Å². The highest BCUT2D eigenvalue weighted by atomic mass is 16.3. The zero-order valence-electron chi connectivity index (χ0n) is 7.09. The third kappa shape index (κ3) is 1.96. The second-order valence-electron chi connectivity index (χ2n) is 3.73. The van der Waals surface area contributed by atoms with Crippen LogP contribution < -0.4 is 0 Å². The van der Waals surface area contributed by atoms with E-state index in [4.69, 9.17) is 0 Å². The van der Waals surface area contributed by atoms with Crippen LogP contribution in [0, 0.1) is 0 Å². The Hall–Kier alpha value is -0.0800. The Kier molecular flexibility index (Phi) is 2.02. The van der Waals surface area contributed by atoms with Crippen LogP contribution in [0.15, 0.2) is 0 Å². The van der Waals surface area contributed by atoms with E-state index in [1.54, 1.807) is 0 Å². The molecule has 0 aromatic heterocycles. The number of nitrogens with zero attached hydrogens (tertiary/aromatic N) is 1. The molecule has 0 aromatic carbocycles. The quantitative estimate of drug-likeness (QED) is 0.633. The number of hydrogen-bond acceptors (Lipinski definition) is 2. The first-order valence-electron chi connectivity index (χ1n) is 3.96. The molecular weight excluding hydrogens is 126 g/mol. The van der Waals surface area contributed by atoms with Crippen molar-refractivity contribution in [1.29, 1.82) is 0 Å². The normalized spacial score (nSPS) is 22.2. The molecule has 1 aliphatic rings. The monoisotopic (exact) mass is 143 g/mol. The van der Waals surface area contributed by atoms with Crippen molar-refractivity contribution in [2.45, 2.75) is 38.3 Å². The molecule has 0 amide bonds. The molecule has 60 valence electrons. The standard InChI is InChI=1S/C8H17NO/c1-7(2)9(3)6-8(10)4-5-8/h7,10H,4-6H2,1-3H3. The van der Waals surface area contributed by atoms with Crippen LogP contribution in [0.4, 0.5) is 0 Å². The molecule has 0 bridgehead atoms. The number of aliphatic hydroxyl groups is 1. The predicted molar refractivity (Wildman–Crippen MR) is 41.9 cm³/mol. The van der Waals surface area contributed by atoms with Gasteiger partial charge in [0.2, 0.25) is 0 Å². The molecule has 0 aromatic rings. The largest absolute Gasteiger partial charge is 0.389 e. The van der Waals surface area contributed by atoms with Crippen molar-refractivity contribution in [1.82, 2.24) is 4.90 Å². The maximum absolute atomic E-state index is 9.51. The third-order valence-corrected chi connectivity index (χ3v) is 2.25. The van der Waals surface area contributed by atoms with Crippen molar-refractivity contribution < 1.29 is 5.11 Å². The zero-order chi connectivity index (χ0) is 7.78. The molecule has 1 saturated carbocycles. The van der Waals surface area contributed by atoms with Crippen molar-refractivity contribution in [3.63, 3.8) is 0 Å². The molecule has 0 unspecified atom stereocenters. The van der Waals surface area contributed by atoms with E-state index in [9.17, 15) is 5.11 Å². The molecule has 0 spiro atoms. The third-order valence-electron chi connectivity index (χ3n) is 2.25. The lowest BCUT2D eigenvalue weighted by molar-refractivity contribution is 0.0912. The Bertz CT molecular complexity index is 118. The Labute approximate surface area is 62.8 Å². The van der Waals surface area contributed by atoms with Crippen molar-refractivity contribution in [2.75, 3.05) is 13.6 Å². The van der Waals surface area contributed by atoms with Gasteiger partial charge in [-0.25, -0.2) is 0 Å². The summed E-state index contributed by atoms with van der Waals surface area (Å²) in [7, 11) is 2.06. The van der Waals surface area contributed by atoms with Gasteiger partial charge < -0.3 is 10.0 Å². The summed E-state index contributed by atoms with van der Waals surface area (Å²) in [6.07, 6.45) is 1.98. The van der Waals surface area contributed by atoms with E-state index >= 15 is 0 Å². The van der Waals surface area contributed by atoms with Gasteiger partial charge >= 0.3 is 0 Å². The smallest absolute Gasteiger partial charge is 0.0776 e. The molecule has 0 aliphatic heterocycles. The van der Waals surface area contributed by atoms with E-state index < -0.39 is 0 Å². The van der Waals surface area contributed by atoms with Crippen LogP contribution >= 0.6 is 0 Å². The summed E-state index contributed by atoms with van der Waals surface area (Å²) in [6.45, 7) is 5.13. The number of likely N-dealkylation sites (N-methyl/N-ethyl adjacent to an activating group) is 1. The van der Waals surface area contributed by atoms with E-state index in [0.29, 0.717) is 6.04 Å². The maximum atomic E-state index is 9.51. The van der Waals surface area contributed by atoms with E-state index in [-0.39, 0.29) is 5.60 Å². The second-order valence-corrected chi connectivity index (χ2v) is 3.73. The first kappa shape index (κ1) is 8.02. The summed E-state index contributed by atoms with van der Waals surface area (Å²) < 4.78 is 0. The van der Waals surface area contributed by atoms with Gasteiger partial charge in [0.1, 0.15) is 0 Å². The fraction of sp³-hybridized carbons (Fsp3) is 1.00. The van der Waals surface area contributed by atoms with Crippen molar-refractivity contribution >= 4 is 0 Å². The lowest BCUT2D eigenvalue weighted by atomic mass is 10.2. The zero-order valence-corrected chi connectivity index (χ0v) is 7.09. The lowest BCUT2D eigenvalue weighted by Gasteiger charge is -2.23. The molecular formula is C8H17NO. The Morgan fingerprint density at radius 2 is 2.00 bits per heavy atom. The highest BCUT2D eigenvalue weighted by Gasteiger charge is 2.41. The Morgan fingerprint density at radius 3 is 2.30 bits per heavy atom. The lowest BCUT2D eigenvalue weighted by Crippen LogP contribution is -2.35. The average molecular weight is 143 g/mol. The predicted octanol–water partition coefficient (Wildman–Crippen LogP) is 0.851. The van der Waals surface area contributed by atoms with Crippen molar-refractivity contribution in [3.05, 3.63) is 0 Å². The number of rotatable bonds is 3. The molecule has 0 heterocycles. The van der Waals surface area contributed by atoms with Crippen LogP contribution in [0.25, 0.3) is 0 Å². The number of hydrogen-bond donors (Lipinski definition) is 1. The van der Waals surface area contributed by atoms with Gasteiger partial charge in [-0.05, 0) is 33.7 Å². The average Bonchev–Trinajstić information content (AvgIpc) is 2.47. The van der Waals surface area contributed by atoms with Crippen LogP contribution in [-0.4, -0.2) is 35.2 Å². The van der Waals surface area contributed by atoms with Gasteiger partial charge in [0, 0.05) is 12.6 Å².